The molecule has 0 atom stereocenters. The van der Waals surface area contributed by atoms with Gasteiger partial charge in [-0.3, -0.25) is 9.36 Å². The maximum atomic E-state index is 12.6. The Morgan fingerprint density at radius 1 is 1.14 bits per heavy atom. The third-order valence-corrected chi connectivity index (χ3v) is 5.35. The van der Waals surface area contributed by atoms with Gasteiger partial charge in [-0.1, -0.05) is 37.7 Å². The van der Waals surface area contributed by atoms with Gasteiger partial charge in [-0.2, -0.15) is 0 Å². The van der Waals surface area contributed by atoms with Crippen LogP contribution in [-0.4, -0.2) is 33.0 Å². The minimum absolute atomic E-state index is 0.166. The zero-order valence-corrected chi connectivity index (χ0v) is 18.2. The number of amides is 1. The van der Waals surface area contributed by atoms with Crippen LogP contribution in [0.15, 0.2) is 47.6 Å². The summed E-state index contributed by atoms with van der Waals surface area (Å²) in [7, 11) is 1.60. The van der Waals surface area contributed by atoms with Gasteiger partial charge in [0.1, 0.15) is 5.75 Å². The van der Waals surface area contributed by atoms with Gasteiger partial charge < -0.3 is 10.1 Å². The minimum atomic E-state index is -0.166. The lowest BCUT2D eigenvalue weighted by atomic mass is 10.1. The first kappa shape index (κ1) is 20.9. The molecular weight excluding hydrogens is 384 g/mol. The molecule has 0 aliphatic rings. The van der Waals surface area contributed by atoms with E-state index in [4.69, 9.17) is 4.74 Å². The van der Waals surface area contributed by atoms with Crippen molar-refractivity contribution in [2.24, 2.45) is 0 Å². The Morgan fingerprint density at radius 3 is 2.52 bits per heavy atom. The summed E-state index contributed by atoms with van der Waals surface area (Å²) in [5, 5.41) is 12.9. The van der Waals surface area contributed by atoms with Crippen molar-refractivity contribution in [3.63, 3.8) is 0 Å². The molecule has 0 spiro atoms. The number of carbonyl (C=O) groups is 1. The lowest BCUT2D eigenvalue weighted by Crippen LogP contribution is -2.24. The number of methoxy groups -OCH3 is 1. The number of aromatic nitrogens is 3. The molecule has 1 aromatic heterocycles. The Balaban J connectivity index is 1.87. The van der Waals surface area contributed by atoms with Crippen molar-refractivity contribution in [2.75, 3.05) is 7.11 Å². The van der Waals surface area contributed by atoms with Crippen LogP contribution in [0.1, 0.15) is 41.2 Å². The number of thioether (sulfide) groups is 1. The first-order chi connectivity index (χ1) is 13.9. The molecule has 0 aliphatic heterocycles. The van der Waals surface area contributed by atoms with Crippen LogP contribution in [0.2, 0.25) is 0 Å². The zero-order valence-electron chi connectivity index (χ0n) is 17.4. The number of nitrogens with one attached hydrogen (secondary N) is 1. The Bertz CT molecular complexity index is 997. The summed E-state index contributed by atoms with van der Waals surface area (Å²) in [5.74, 6) is 1.25. The molecule has 0 bridgehead atoms. The number of carbonyl (C=O) groups excluding carboxylic acids is 1. The van der Waals surface area contributed by atoms with Gasteiger partial charge in [0.05, 0.1) is 19.3 Å². The third-order valence-electron chi connectivity index (χ3n) is 4.41. The van der Waals surface area contributed by atoms with Crippen molar-refractivity contribution < 1.29 is 9.53 Å². The van der Waals surface area contributed by atoms with E-state index in [2.05, 4.69) is 61.4 Å². The van der Waals surface area contributed by atoms with Gasteiger partial charge in [-0.05, 0) is 55.3 Å². The van der Waals surface area contributed by atoms with E-state index in [0.717, 1.165) is 22.0 Å². The number of hydrogen-bond acceptors (Lipinski definition) is 5. The van der Waals surface area contributed by atoms with Crippen LogP contribution in [0.4, 0.5) is 0 Å². The highest BCUT2D eigenvalue weighted by atomic mass is 32.2. The molecule has 3 aromatic rings. The number of ether oxygens (including phenoxy) is 1. The summed E-state index contributed by atoms with van der Waals surface area (Å²) in [6, 6.07) is 13.3. The first-order valence-electron chi connectivity index (χ1n) is 9.50. The molecule has 1 N–H and O–H groups in total. The number of nitrogens with zero attached hydrogens (tertiary/aromatic N) is 3. The lowest BCUT2D eigenvalue weighted by Gasteiger charge is -2.15. The van der Waals surface area contributed by atoms with E-state index in [1.54, 1.807) is 43.1 Å². The fourth-order valence-electron chi connectivity index (χ4n) is 2.91. The predicted molar refractivity (Wildman–Crippen MR) is 116 cm³/mol. The highest BCUT2D eigenvalue weighted by Crippen LogP contribution is 2.27. The minimum Gasteiger partial charge on any atom is -0.497 e. The van der Waals surface area contributed by atoms with Crippen molar-refractivity contribution in [3.05, 3.63) is 65.0 Å². The van der Waals surface area contributed by atoms with Gasteiger partial charge in [0.15, 0.2) is 11.0 Å². The molecular formula is C22H26N4O2S. The molecule has 1 heterocycles. The van der Waals surface area contributed by atoms with Crippen molar-refractivity contribution in [1.29, 1.82) is 0 Å². The lowest BCUT2D eigenvalue weighted by molar-refractivity contribution is 0.0949. The molecule has 0 aliphatic carbocycles. The summed E-state index contributed by atoms with van der Waals surface area (Å²) in [5.41, 5.74) is 3.89. The molecule has 1 amide bonds. The number of benzene rings is 2. The molecule has 0 fully saturated rings. The van der Waals surface area contributed by atoms with Crippen LogP contribution in [0.5, 0.6) is 5.75 Å². The van der Waals surface area contributed by atoms with Gasteiger partial charge in [0.2, 0.25) is 0 Å². The molecule has 0 saturated heterocycles. The molecule has 3 rings (SSSR count). The maximum absolute atomic E-state index is 12.6. The van der Waals surface area contributed by atoms with Crippen LogP contribution < -0.4 is 10.1 Å². The summed E-state index contributed by atoms with van der Waals surface area (Å²) in [4.78, 5) is 12.6. The summed E-state index contributed by atoms with van der Waals surface area (Å²) in [6.07, 6.45) is 0. The largest absolute Gasteiger partial charge is 0.497 e. The SMILES string of the molecule is COc1ccc(C(=O)NCc2nnc(SC(C)C)n2-c2cc(C)ccc2C)cc1. The zero-order chi connectivity index (χ0) is 21.0. The van der Waals surface area contributed by atoms with Crippen LogP contribution in [0, 0.1) is 13.8 Å². The van der Waals surface area contributed by atoms with Gasteiger partial charge >= 0.3 is 0 Å². The van der Waals surface area contributed by atoms with Gasteiger partial charge in [0, 0.05) is 10.8 Å². The van der Waals surface area contributed by atoms with E-state index in [9.17, 15) is 4.79 Å². The van der Waals surface area contributed by atoms with E-state index in [1.165, 1.54) is 0 Å². The fraction of sp³-hybridized carbons (Fsp3) is 0.318. The average molecular weight is 411 g/mol. The Kier molecular flexibility index (Phi) is 6.59. The highest BCUT2D eigenvalue weighted by Gasteiger charge is 2.18. The van der Waals surface area contributed by atoms with Crippen LogP contribution >= 0.6 is 11.8 Å². The Hall–Kier alpha value is -2.80. The van der Waals surface area contributed by atoms with E-state index in [-0.39, 0.29) is 12.5 Å². The third kappa shape index (κ3) is 4.98. The predicted octanol–water partition coefficient (Wildman–Crippen LogP) is 4.32. The van der Waals surface area contributed by atoms with Crippen LogP contribution in [0.3, 0.4) is 0 Å². The molecule has 0 unspecified atom stereocenters. The van der Waals surface area contributed by atoms with E-state index in [1.807, 2.05) is 4.57 Å². The van der Waals surface area contributed by atoms with Crippen molar-refractivity contribution in [2.45, 2.75) is 44.6 Å². The molecule has 7 heteroatoms. The maximum Gasteiger partial charge on any atom is 0.251 e. The molecule has 0 radical (unpaired) electrons. The number of aryl methyl sites for hydroxylation is 2. The molecule has 152 valence electrons. The first-order valence-corrected chi connectivity index (χ1v) is 10.4. The Morgan fingerprint density at radius 2 is 1.86 bits per heavy atom. The Labute approximate surface area is 175 Å². The smallest absolute Gasteiger partial charge is 0.251 e. The second-order valence-corrected chi connectivity index (χ2v) is 8.65. The van der Waals surface area contributed by atoms with Crippen molar-refractivity contribution >= 4 is 17.7 Å². The number of hydrogen-bond donors (Lipinski definition) is 1. The summed E-state index contributed by atoms with van der Waals surface area (Å²) >= 11 is 1.65. The second kappa shape index (κ2) is 9.13. The standard InChI is InChI=1S/C22H26N4O2S/c1-14(2)29-22-25-24-20(26(22)19-12-15(3)6-7-16(19)4)13-23-21(27)17-8-10-18(28-5)11-9-17/h6-12,14H,13H2,1-5H3,(H,23,27). The highest BCUT2D eigenvalue weighted by molar-refractivity contribution is 7.99. The molecule has 29 heavy (non-hydrogen) atoms. The quantitative estimate of drug-likeness (QED) is 0.588. The van der Waals surface area contributed by atoms with Crippen molar-refractivity contribution in [1.82, 2.24) is 20.1 Å². The van der Waals surface area contributed by atoms with E-state index < -0.39 is 0 Å². The van der Waals surface area contributed by atoms with Gasteiger partial charge in [0.25, 0.3) is 5.91 Å². The summed E-state index contributed by atoms with van der Waals surface area (Å²) < 4.78 is 7.19. The second-order valence-electron chi connectivity index (χ2n) is 7.10. The normalized spacial score (nSPS) is 11.0. The average Bonchev–Trinajstić information content (AvgIpc) is 3.09. The van der Waals surface area contributed by atoms with Crippen LogP contribution in [0.25, 0.3) is 5.69 Å². The van der Waals surface area contributed by atoms with E-state index in [0.29, 0.717) is 22.4 Å². The topological polar surface area (TPSA) is 69.0 Å². The van der Waals surface area contributed by atoms with Gasteiger partial charge in [-0.25, -0.2) is 0 Å². The van der Waals surface area contributed by atoms with Crippen LogP contribution in [-0.2, 0) is 6.54 Å². The molecule has 2 aromatic carbocycles. The van der Waals surface area contributed by atoms with Crippen molar-refractivity contribution in [3.8, 4) is 11.4 Å². The number of rotatable bonds is 7. The molecule has 0 saturated carbocycles. The van der Waals surface area contributed by atoms with Gasteiger partial charge in [-0.15, -0.1) is 10.2 Å². The summed E-state index contributed by atoms with van der Waals surface area (Å²) in [6.45, 7) is 8.66. The molecule has 6 nitrogen and oxygen atoms in total. The van der Waals surface area contributed by atoms with E-state index >= 15 is 0 Å². The monoisotopic (exact) mass is 410 g/mol. The fourth-order valence-corrected chi connectivity index (χ4v) is 3.73.